The smallest absolute Gasteiger partial charge is 0.256 e. The summed E-state index contributed by atoms with van der Waals surface area (Å²) in [4.78, 5) is 18.0. The highest BCUT2D eigenvalue weighted by molar-refractivity contribution is 6.30. The molecule has 0 radical (unpaired) electrons. The fourth-order valence-corrected chi connectivity index (χ4v) is 3.17. The van der Waals surface area contributed by atoms with Crippen LogP contribution in [0.5, 0.6) is 0 Å². The van der Waals surface area contributed by atoms with Crippen molar-refractivity contribution in [3.05, 3.63) is 65.3 Å². The van der Waals surface area contributed by atoms with Crippen molar-refractivity contribution in [3.63, 3.8) is 0 Å². The summed E-state index contributed by atoms with van der Waals surface area (Å²) >= 11 is 5.82. The lowest BCUT2D eigenvalue weighted by Gasteiger charge is -2.13. The highest BCUT2D eigenvalue weighted by Gasteiger charge is 2.18. The summed E-state index contributed by atoms with van der Waals surface area (Å²) in [5, 5.41) is 14.6. The molecule has 2 heterocycles. The van der Waals surface area contributed by atoms with E-state index in [1.165, 1.54) is 29.3 Å². The van der Waals surface area contributed by atoms with E-state index in [1.54, 1.807) is 18.3 Å². The summed E-state index contributed by atoms with van der Waals surface area (Å²) in [6, 6.07) is 8.04. The number of carbonyl (C=O) groups excluding carboxylic acids is 1. The van der Waals surface area contributed by atoms with Gasteiger partial charge >= 0.3 is 0 Å². The first-order valence-corrected chi connectivity index (χ1v) is 10.2. The summed E-state index contributed by atoms with van der Waals surface area (Å²) in [5.41, 5.74) is 0.258. The van der Waals surface area contributed by atoms with Crippen LogP contribution in [0, 0.1) is 11.7 Å². The topological polar surface area (TPSA) is 84.7 Å². The number of rotatable bonds is 10. The number of hydrogen-bond donors (Lipinski definition) is 2. The van der Waals surface area contributed by atoms with Crippen LogP contribution in [-0.2, 0) is 0 Å². The van der Waals surface area contributed by atoms with Crippen molar-refractivity contribution < 1.29 is 9.18 Å². The van der Waals surface area contributed by atoms with Gasteiger partial charge in [0.15, 0.2) is 0 Å². The minimum Gasteiger partial charge on any atom is -0.370 e. The Kier molecular flexibility index (Phi) is 7.73. The fraction of sp³-hybridized carbons (Fsp3) is 0.333. The summed E-state index contributed by atoms with van der Waals surface area (Å²) in [5.74, 6) is 0.200. The van der Waals surface area contributed by atoms with E-state index >= 15 is 0 Å². The highest BCUT2D eigenvalue weighted by atomic mass is 35.5. The van der Waals surface area contributed by atoms with Crippen molar-refractivity contribution >= 4 is 23.3 Å². The molecule has 0 spiro atoms. The van der Waals surface area contributed by atoms with Gasteiger partial charge in [-0.1, -0.05) is 24.6 Å². The van der Waals surface area contributed by atoms with Crippen LogP contribution < -0.4 is 10.6 Å². The number of benzene rings is 1. The Labute approximate surface area is 179 Å². The predicted molar refractivity (Wildman–Crippen MR) is 114 cm³/mol. The Morgan fingerprint density at radius 2 is 1.97 bits per heavy atom. The molecule has 0 bridgehead atoms. The molecule has 0 aliphatic heterocycles. The zero-order valence-electron chi connectivity index (χ0n) is 16.7. The minimum absolute atomic E-state index is 0.0542. The maximum Gasteiger partial charge on any atom is 0.256 e. The van der Waals surface area contributed by atoms with Gasteiger partial charge < -0.3 is 10.6 Å². The Morgan fingerprint density at radius 1 is 1.17 bits per heavy atom. The predicted octanol–water partition coefficient (Wildman–Crippen LogP) is 4.10. The van der Waals surface area contributed by atoms with Gasteiger partial charge in [-0.2, -0.15) is 15.0 Å². The van der Waals surface area contributed by atoms with E-state index in [9.17, 15) is 9.18 Å². The van der Waals surface area contributed by atoms with E-state index in [0.29, 0.717) is 23.2 Å². The zero-order chi connectivity index (χ0) is 21.3. The maximum atomic E-state index is 14.3. The summed E-state index contributed by atoms with van der Waals surface area (Å²) in [6.45, 7) is 3.43. The van der Waals surface area contributed by atoms with Crippen molar-refractivity contribution in [2.75, 3.05) is 18.4 Å². The number of pyridine rings is 1. The molecule has 1 unspecified atom stereocenters. The minimum atomic E-state index is -0.599. The first kappa shape index (κ1) is 21.7. The Morgan fingerprint density at radius 3 is 2.70 bits per heavy atom. The monoisotopic (exact) mass is 430 g/mol. The van der Waals surface area contributed by atoms with Gasteiger partial charge in [-0.25, -0.2) is 9.37 Å². The molecule has 3 rings (SSSR count). The van der Waals surface area contributed by atoms with Gasteiger partial charge in [0.05, 0.1) is 17.4 Å². The number of carbonyl (C=O) groups is 1. The van der Waals surface area contributed by atoms with E-state index in [0.717, 1.165) is 31.6 Å². The molecule has 1 aromatic carbocycles. The van der Waals surface area contributed by atoms with Gasteiger partial charge in [0.25, 0.3) is 5.91 Å². The van der Waals surface area contributed by atoms with Crippen LogP contribution in [0.4, 0.5) is 10.2 Å². The second kappa shape index (κ2) is 10.7. The lowest BCUT2D eigenvalue weighted by Crippen LogP contribution is -2.27. The number of aromatic nitrogens is 4. The zero-order valence-corrected chi connectivity index (χ0v) is 17.4. The molecule has 0 aliphatic carbocycles. The third kappa shape index (κ3) is 6.00. The number of anilines is 1. The van der Waals surface area contributed by atoms with Crippen LogP contribution in [0.3, 0.4) is 0 Å². The molecule has 3 aromatic rings. The fourth-order valence-electron chi connectivity index (χ4n) is 3.06. The SMILES string of the molecule is CC(CCCNC(=O)c1c(F)cccc1-n1nccn1)CCNc1ccc(Cl)cn1. The van der Waals surface area contributed by atoms with Crippen LogP contribution in [0.25, 0.3) is 5.69 Å². The van der Waals surface area contributed by atoms with E-state index < -0.39 is 11.7 Å². The number of halogens is 2. The van der Waals surface area contributed by atoms with Crippen molar-refractivity contribution in [2.24, 2.45) is 5.92 Å². The van der Waals surface area contributed by atoms with Crippen LogP contribution in [0.15, 0.2) is 48.9 Å². The summed E-state index contributed by atoms with van der Waals surface area (Å²) in [7, 11) is 0. The molecular weight excluding hydrogens is 407 g/mol. The molecule has 1 amide bonds. The standard InChI is InChI=1S/C21H24ClFN6O/c1-15(9-11-24-19-8-7-16(22)14-26-19)4-3-10-25-21(30)20-17(23)5-2-6-18(20)29-27-12-13-28-29/h2,5-8,12-15H,3-4,9-11H2,1H3,(H,24,26)(H,25,30). The highest BCUT2D eigenvalue weighted by Crippen LogP contribution is 2.17. The lowest BCUT2D eigenvalue weighted by molar-refractivity contribution is 0.0948. The van der Waals surface area contributed by atoms with E-state index in [1.807, 2.05) is 6.07 Å². The van der Waals surface area contributed by atoms with Crippen LogP contribution in [-0.4, -0.2) is 39.0 Å². The van der Waals surface area contributed by atoms with E-state index in [-0.39, 0.29) is 5.56 Å². The van der Waals surface area contributed by atoms with Gasteiger partial charge in [0.1, 0.15) is 22.9 Å². The van der Waals surface area contributed by atoms with Gasteiger partial charge in [0, 0.05) is 19.3 Å². The third-order valence-electron chi connectivity index (χ3n) is 4.68. The van der Waals surface area contributed by atoms with Gasteiger partial charge in [-0.05, 0) is 49.4 Å². The molecular formula is C21H24ClFN6O. The molecule has 9 heteroatoms. The molecule has 158 valence electrons. The van der Waals surface area contributed by atoms with E-state index in [2.05, 4.69) is 32.7 Å². The van der Waals surface area contributed by atoms with E-state index in [4.69, 9.17) is 11.6 Å². The molecule has 7 nitrogen and oxygen atoms in total. The van der Waals surface area contributed by atoms with Crippen molar-refractivity contribution in [2.45, 2.75) is 26.2 Å². The van der Waals surface area contributed by atoms with Crippen LogP contribution >= 0.6 is 11.6 Å². The molecule has 1 atom stereocenters. The molecule has 0 saturated heterocycles. The molecule has 0 fully saturated rings. The summed E-state index contributed by atoms with van der Waals surface area (Å²) in [6.07, 6.45) is 7.29. The first-order chi connectivity index (χ1) is 14.5. The molecule has 2 N–H and O–H groups in total. The normalized spacial score (nSPS) is 11.8. The molecule has 0 aliphatic rings. The average molecular weight is 431 g/mol. The second-order valence-corrected chi connectivity index (χ2v) is 7.47. The average Bonchev–Trinajstić information content (AvgIpc) is 3.27. The molecule has 2 aromatic heterocycles. The third-order valence-corrected chi connectivity index (χ3v) is 4.91. The largest absolute Gasteiger partial charge is 0.370 e. The molecule has 0 saturated carbocycles. The van der Waals surface area contributed by atoms with Gasteiger partial charge in [-0.3, -0.25) is 4.79 Å². The second-order valence-electron chi connectivity index (χ2n) is 7.03. The lowest BCUT2D eigenvalue weighted by atomic mass is 10.0. The number of nitrogens with one attached hydrogen (secondary N) is 2. The van der Waals surface area contributed by atoms with Gasteiger partial charge in [-0.15, -0.1) is 0 Å². The number of amides is 1. The van der Waals surface area contributed by atoms with Crippen molar-refractivity contribution in [3.8, 4) is 5.69 Å². The van der Waals surface area contributed by atoms with Crippen LogP contribution in [0.2, 0.25) is 5.02 Å². The van der Waals surface area contributed by atoms with Crippen LogP contribution in [0.1, 0.15) is 36.5 Å². The van der Waals surface area contributed by atoms with Crippen molar-refractivity contribution in [1.29, 1.82) is 0 Å². The molecule has 30 heavy (non-hydrogen) atoms. The maximum absolute atomic E-state index is 14.3. The number of hydrogen-bond acceptors (Lipinski definition) is 5. The van der Waals surface area contributed by atoms with Gasteiger partial charge in [0.2, 0.25) is 0 Å². The Bertz CT molecular complexity index is 949. The Hall–Kier alpha value is -3.00. The number of nitrogens with zero attached hydrogens (tertiary/aromatic N) is 4. The summed E-state index contributed by atoms with van der Waals surface area (Å²) < 4.78 is 14.3. The first-order valence-electron chi connectivity index (χ1n) is 9.83. The van der Waals surface area contributed by atoms with Crippen molar-refractivity contribution in [1.82, 2.24) is 25.3 Å². The quantitative estimate of drug-likeness (QED) is 0.473. The Balaban J connectivity index is 1.41.